The van der Waals surface area contributed by atoms with Gasteiger partial charge in [0.15, 0.2) is 0 Å². The first-order valence-electron chi connectivity index (χ1n) is 7.59. The van der Waals surface area contributed by atoms with Crippen LogP contribution in [0.15, 0.2) is 16.7 Å². The van der Waals surface area contributed by atoms with Crippen molar-refractivity contribution in [1.82, 2.24) is 25.3 Å². The second kappa shape index (κ2) is 6.43. The predicted octanol–water partition coefficient (Wildman–Crippen LogP) is 1.30. The van der Waals surface area contributed by atoms with Crippen molar-refractivity contribution in [2.75, 3.05) is 18.0 Å². The summed E-state index contributed by atoms with van der Waals surface area (Å²) in [5, 5.41) is 15.4. The van der Waals surface area contributed by atoms with Gasteiger partial charge in [0.05, 0.1) is 12.2 Å². The zero-order chi connectivity index (χ0) is 15.5. The van der Waals surface area contributed by atoms with Crippen LogP contribution in [0.4, 0.5) is 10.4 Å². The standard InChI is InChI=1S/C14H21FN6O/c1-3-21-12(4-5-17-21)7-16-8-13-6-11(15)9-20(13)14-19-18-10(2)22-14/h4-5,11,13,16H,3,6-9H2,1-2H3/t11-,13-/m0/s1. The van der Waals surface area contributed by atoms with Crippen molar-refractivity contribution in [2.24, 2.45) is 0 Å². The molecule has 0 saturated carbocycles. The van der Waals surface area contributed by atoms with Gasteiger partial charge in [0.1, 0.15) is 6.17 Å². The molecule has 2 atom stereocenters. The number of hydrogen-bond acceptors (Lipinski definition) is 6. The first kappa shape index (κ1) is 15.0. The summed E-state index contributed by atoms with van der Waals surface area (Å²) in [6, 6.07) is 2.42. The van der Waals surface area contributed by atoms with Crippen molar-refractivity contribution in [1.29, 1.82) is 0 Å². The zero-order valence-electron chi connectivity index (χ0n) is 12.9. The summed E-state index contributed by atoms with van der Waals surface area (Å²) < 4.78 is 21.1. The summed E-state index contributed by atoms with van der Waals surface area (Å²) in [6.45, 7) is 6.31. The highest BCUT2D eigenvalue weighted by Gasteiger charge is 2.34. The smallest absolute Gasteiger partial charge is 0.318 e. The lowest BCUT2D eigenvalue weighted by molar-refractivity contribution is 0.354. The van der Waals surface area contributed by atoms with E-state index < -0.39 is 6.17 Å². The minimum Gasteiger partial charge on any atom is -0.408 e. The number of aryl methyl sites for hydroxylation is 2. The van der Waals surface area contributed by atoms with Gasteiger partial charge in [-0.2, -0.15) is 5.10 Å². The normalized spacial score (nSPS) is 21.7. The van der Waals surface area contributed by atoms with E-state index in [1.54, 1.807) is 13.1 Å². The molecule has 3 heterocycles. The third-order valence-electron chi connectivity index (χ3n) is 3.91. The molecule has 120 valence electrons. The van der Waals surface area contributed by atoms with E-state index in [9.17, 15) is 4.39 Å². The highest BCUT2D eigenvalue weighted by Crippen LogP contribution is 2.25. The maximum atomic E-state index is 13.8. The van der Waals surface area contributed by atoms with Gasteiger partial charge in [0.2, 0.25) is 5.89 Å². The van der Waals surface area contributed by atoms with E-state index in [-0.39, 0.29) is 6.04 Å². The predicted molar refractivity (Wildman–Crippen MR) is 79.3 cm³/mol. The minimum atomic E-state index is -0.861. The summed E-state index contributed by atoms with van der Waals surface area (Å²) in [4.78, 5) is 1.86. The van der Waals surface area contributed by atoms with E-state index in [4.69, 9.17) is 4.42 Å². The second-order valence-electron chi connectivity index (χ2n) is 5.51. The van der Waals surface area contributed by atoms with Crippen LogP contribution >= 0.6 is 0 Å². The summed E-state index contributed by atoms with van der Waals surface area (Å²) in [6.07, 6.45) is 1.41. The number of hydrogen-bond donors (Lipinski definition) is 1. The number of nitrogens with one attached hydrogen (secondary N) is 1. The monoisotopic (exact) mass is 308 g/mol. The van der Waals surface area contributed by atoms with E-state index in [0.717, 1.165) is 12.2 Å². The second-order valence-corrected chi connectivity index (χ2v) is 5.51. The maximum absolute atomic E-state index is 13.8. The molecular weight excluding hydrogens is 287 g/mol. The highest BCUT2D eigenvalue weighted by atomic mass is 19.1. The number of rotatable bonds is 6. The lowest BCUT2D eigenvalue weighted by atomic mass is 10.2. The van der Waals surface area contributed by atoms with Crippen molar-refractivity contribution in [2.45, 2.75) is 45.6 Å². The molecule has 8 heteroatoms. The first-order chi connectivity index (χ1) is 10.7. The largest absolute Gasteiger partial charge is 0.408 e. The van der Waals surface area contributed by atoms with Crippen molar-refractivity contribution in [3.63, 3.8) is 0 Å². The van der Waals surface area contributed by atoms with E-state index >= 15 is 0 Å². The van der Waals surface area contributed by atoms with Gasteiger partial charge in [-0.1, -0.05) is 5.10 Å². The fraction of sp³-hybridized carbons (Fsp3) is 0.643. The van der Waals surface area contributed by atoms with Crippen molar-refractivity contribution in [3.8, 4) is 0 Å². The average molecular weight is 308 g/mol. The van der Waals surface area contributed by atoms with Crippen LogP contribution in [0.2, 0.25) is 0 Å². The number of aromatic nitrogens is 4. The average Bonchev–Trinajstić information content (AvgIpc) is 3.19. The molecule has 1 N–H and O–H groups in total. The van der Waals surface area contributed by atoms with Crippen LogP contribution in [0.5, 0.6) is 0 Å². The summed E-state index contributed by atoms with van der Waals surface area (Å²) in [5.41, 5.74) is 1.12. The third-order valence-corrected chi connectivity index (χ3v) is 3.91. The molecule has 0 spiro atoms. The Hall–Kier alpha value is -1.96. The van der Waals surface area contributed by atoms with E-state index in [0.29, 0.717) is 38.0 Å². The highest BCUT2D eigenvalue weighted by molar-refractivity contribution is 5.30. The number of alkyl halides is 1. The Morgan fingerprint density at radius 2 is 2.32 bits per heavy atom. The van der Waals surface area contributed by atoms with E-state index in [1.807, 2.05) is 15.6 Å². The molecule has 2 aromatic rings. The SMILES string of the molecule is CCn1nccc1CNC[C@@H]1C[C@H](F)CN1c1nnc(C)o1. The molecule has 1 fully saturated rings. The molecule has 0 unspecified atom stereocenters. The third kappa shape index (κ3) is 3.11. The van der Waals surface area contributed by atoms with Crippen LogP contribution in [0.25, 0.3) is 0 Å². The topological polar surface area (TPSA) is 72.0 Å². The van der Waals surface area contributed by atoms with Gasteiger partial charge in [-0.25, -0.2) is 4.39 Å². The van der Waals surface area contributed by atoms with Crippen molar-refractivity contribution >= 4 is 6.01 Å². The van der Waals surface area contributed by atoms with Crippen LogP contribution in [-0.2, 0) is 13.1 Å². The summed E-state index contributed by atoms with van der Waals surface area (Å²) >= 11 is 0. The van der Waals surface area contributed by atoms with Crippen molar-refractivity contribution in [3.05, 3.63) is 23.8 Å². The summed E-state index contributed by atoms with van der Waals surface area (Å²) in [7, 11) is 0. The Bertz CT molecular complexity index is 612. The van der Waals surface area contributed by atoms with Gasteiger partial charge >= 0.3 is 6.01 Å². The Morgan fingerprint density at radius 3 is 3.05 bits per heavy atom. The Morgan fingerprint density at radius 1 is 1.45 bits per heavy atom. The molecule has 1 saturated heterocycles. The first-order valence-corrected chi connectivity index (χ1v) is 7.59. The quantitative estimate of drug-likeness (QED) is 0.867. The maximum Gasteiger partial charge on any atom is 0.318 e. The van der Waals surface area contributed by atoms with Crippen LogP contribution in [0, 0.1) is 6.92 Å². The van der Waals surface area contributed by atoms with Gasteiger partial charge in [-0.05, 0) is 13.0 Å². The molecule has 7 nitrogen and oxygen atoms in total. The lowest BCUT2D eigenvalue weighted by Crippen LogP contribution is -2.38. The molecule has 3 rings (SSSR count). The molecule has 22 heavy (non-hydrogen) atoms. The Labute approximate surface area is 128 Å². The van der Waals surface area contributed by atoms with Crippen LogP contribution < -0.4 is 10.2 Å². The molecule has 1 aliphatic rings. The van der Waals surface area contributed by atoms with Crippen LogP contribution in [0.1, 0.15) is 24.9 Å². The van der Waals surface area contributed by atoms with Gasteiger partial charge in [-0.15, -0.1) is 5.10 Å². The molecule has 0 amide bonds. The fourth-order valence-corrected chi connectivity index (χ4v) is 2.85. The molecule has 0 bridgehead atoms. The molecule has 0 radical (unpaired) electrons. The van der Waals surface area contributed by atoms with Gasteiger partial charge in [0.25, 0.3) is 0 Å². The fourth-order valence-electron chi connectivity index (χ4n) is 2.85. The van der Waals surface area contributed by atoms with E-state index in [1.165, 1.54) is 0 Å². The van der Waals surface area contributed by atoms with Crippen molar-refractivity contribution < 1.29 is 8.81 Å². The summed E-state index contributed by atoms with van der Waals surface area (Å²) in [5.74, 6) is 0.496. The Kier molecular flexibility index (Phi) is 4.37. The van der Waals surface area contributed by atoms with Gasteiger partial charge in [-0.3, -0.25) is 4.68 Å². The molecule has 2 aromatic heterocycles. The molecule has 1 aliphatic heterocycles. The number of nitrogens with zero attached hydrogens (tertiary/aromatic N) is 5. The minimum absolute atomic E-state index is 0.0212. The molecular formula is C14H21FN6O. The number of halogens is 1. The van der Waals surface area contributed by atoms with Gasteiger partial charge < -0.3 is 14.6 Å². The number of anilines is 1. The lowest BCUT2D eigenvalue weighted by Gasteiger charge is -2.22. The van der Waals surface area contributed by atoms with Crippen LogP contribution in [-0.4, -0.2) is 45.3 Å². The van der Waals surface area contributed by atoms with Gasteiger partial charge in [0, 0.05) is 45.2 Å². The Balaban J connectivity index is 1.58. The van der Waals surface area contributed by atoms with E-state index in [2.05, 4.69) is 27.5 Å². The van der Waals surface area contributed by atoms with Crippen LogP contribution in [0.3, 0.4) is 0 Å². The molecule has 0 aromatic carbocycles. The zero-order valence-corrected chi connectivity index (χ0v) is 12.9. The molecule has 0 aliphatic carbocycles.